The number of anilines is 1. The monoisotopic (exact) mass is 326 g/mol. The zero-order chi connectivity index (χ0) is 13.1. The third-order valence-electron chi connectivity index (χ3n) is 2.49. The minimum Gasteiger partial charge on any atom is -0.372 e. The molecule has 0 fully saturated rings. The predicted molar refractivity (Wildman–Crippen MR) is 79.1 cm³/mol. The second-order valence-corrected chi connectivity index (χ2v) is 5.76. The summed E-state index contributed by atoms with van der Waals surface area (Å²) in [6, 6.07) is 0. The van der Waals surface area contributed by atoms with Crippen molar-refractivity contribution >= 4 is 33.1 Å². The fourth-order valence-electron chi connectivity index (χ4n) is 1.64. The summed E-state index contributed by atoms with van der Waals surface area (Å²) in [6.45, 7) is 4.12. The van der Waals surface area contributed by atoms with Crippen molar-refractivity contribution < 1.29 is 0 Å². The average Bonchev–Trinajstić information content (AvgIpc) is 2.79. The standard InChI is InChI=1S/C12H15BrN4S/c1-4-5-8-10(13)12(14-3)17-11(16-8)9-6-18-7(2)15-9/h6H,4-5H2,1-3H3,(H,14,16,17). The summed E-state index contributed by atoms with van der Waals surface area (Å²) >= 11 is 5.16. The average molecular weight is 327 g/mol. The van der Waals surface area contributed by atoms with E-state index < -0.39 is 0 Å². The van der Waals surface area contributed by atoms with Gasteiger partial charge in [-0.2, -0.15) is 0 Å². The van der Waals surface area contributed by atoms with Gasteiger partial charge in [0.05, 0.1) is 15.2 Å². The fourth-order valence-corrected chi connectivity index (χ4v) is 2.81. The zero-order valence-electron chi connectivity index (χ0n) is 10.6. The van der Waals surface area contributed by atoms with Crippen LogP contribution in [-0.4, -0.2) is 22.0 Å². The van der Waals surface area contributed by atoms with Crippen LogP contribution in [0.2, 0.25) is 0 Å². The van der Waals surface area contributed by atoms with Gasteiger partial charge in [-0.15, -0.1) is 11.3 Å². The van der Waals surface area contributed by atoms with E-state index in [1.807, 2.05) is 19.4 Å². The smallest absolute Gasteiger partial charge is 0.181 e. The molecule has 0 saturated heterocycles. The number of thiazole rings is 1. The van der Waals surface area contributed by atoms with E-state index in [-0.39, 0.29) is 0 Å². The van der Waals surface area contributed by atoms with E-state index in [2.05, 4.69) is 43.1 Å². The minimum absolute atomic E-state index is 0.690. The van der Waals surface area contributed by atoms with E-state index in [1.54, 1.807) is 11.3 Å². The van der Waals surface area contributed by atoms with Crippen LogP contribution in [0.5, 0.6) is 0 Å². The van der Waals surface area contributed by atoms with Crippen LogP contribution in [-0.2, 0) is 6.42 Å². The van der Waals surface area contributed by atoms with Gasteiger partial charge in [-0.3, -0.25) is 0 Å². The fraction of sp³-hybridized carbons (Fsp3) is 0.417. The van der Waals surface area contributed by atoms with Crippen LogP contribution in [0.25, 0.3) is 11.5 Å². The quantitative estimate of drug-likeness (QED) is 0.931. The third kappa shape index (κ3) is 2.70. The van der Waals surface area contributed by atoms with Gasteiger partial charge in [0.25, 0.3) is 0 Å². The largest absolute Gasteiger partial charge is 0.372 e. The highest BCUT2D eigenvalue weighted by molar-refractivity contribution is 9.10. The van der Waals surface area contributed by atoms with Gasteiger partial charge in [0.15, 0.2) is 5.82 Å². The van der Waals surface area contributed by atoms with Gasteiger partial charge in [-0.25, -0.2) is 15.0 Å². The number of hydrogen-bond acceptors (Lipinski definition) is 5. The van der Waals surface area contributed by atoms with Gasteiger partial charge in [-0.1, -0.05) is 13.3 Å². The van der Waals surface area contributed by atoms with Gasteiger partial charge in [0, 0.05) is 12.4 Å². The van der Waals surface area contributed by atoms with Crippen LogP contribution >= 0.6 is 27.3 Å². The molecule has 0 spiro atoms. The van der Waals surface area contributed by atoms with Crippen molar-refractivity contribution in [3.63, 3.8) is 0 Å². The SMILES string of the molecule is CCCc1nc(-c2csc(C)n2)nc(NC)c1Br. The topological polar surface area (TPSA) is 50.7 Å². The molecule has 0 saturated carbocycles. The highest BCUT2D eigenvalue weighted by Gasteiger charge is 2.13. The molecule has 4 nitrogen and oxygen atoms in total. The molecule has 18 heavy (non-hydrogen) atoms. The summed E-state index contributed by atoms with van der Waals surface area (Å²) in [5, 5.41) is 6.11. The Kier molecular flexibility index (Phi) is 4.29. The zero-order valence-corrected chi connectivity index (χ0v) is 13.0. The first-order valence-electron chi connectivity index (χ1n) is 5.82. The van der Waals surface area contributed by atoms with E-state index in [0.29, 0.717) is 5.82 Å². The summed E-state index contributed by atoms with van der Waals surface area (Å²) in [5.41, 5.74) is 1.87. The summed E-state index contributed by atoms with van der Waals surface area (Å²) in [7, 11) is 1.86. The Hall–Kier alpha value is -1.01. The van der Waals surface area contributed by atoms with Crippen LogP contribution in [0.3, 0.4) is 0 Å². The molecule has 2 aromatic heterocycles. The van der Waals surface area contributed by atoms with E-state index in [1.165, 1.54) is 0 Å². The summed E-state index contributed by atoms with van der Waals surface area (Å²) < 4.78 is 0.947. The molecule has 0 atom stereocenters. The van der Waals surface area contributed by atoms with Crippen LogP contribution in [0.15, 0.2) is 9.85 Å². The highest BCUT2D eigenvalue weighted by atomic mass is 79.9. The van der Waals surface area contributed by atoms with Gasteiger partial charge in [0.1, 0.15) is 11.5 Å². The molecule has 6 heteroatoms. The first-order chi connectivity index (χ1) is 8.65. The van der Waals surface area contributed by atoms with Crippen LogP contribution in [0, 0.1) is 6.92 Å². The Morgan fingerprint density at radius 1 is 1.33 bits per heavy atom. The maximum absolute atomic E-state index is 4.60. The molecule has 0 amide bonds. The Labute approximate surface area is 119 Å². The Morgan fingerprint density at radius 3 is 2.67 bits per heavy atom. The van der Waals surface area contributed by atoms with E-state index >= 15 is 0 Å². The molecule has 96 valence electrons. The van der Waals surface area contributed by atoms with Crippen molar-refractivity contribution in [2.75, 3.05) is 12.4 Å². The lowest BCUT2D eigenvalue weighted by atomic mass is 10.2. The first kappa shape index (κ1) is 13.4. The Balaban J connectivity index is 2.51. The van der Waals surface area contributed by atoms with Crippen LogP contribution < -0.4 is 5.32 Å². The number of nitrogens with zero attached hydrogens (tertiary/aromatic N) is 3. The predicted octanol–water partition coefficient (Wildman–Crippen LogP) is 3.67. The van der Waals surface area contributed by atoms with Gasteiger partial charge in [-0.05, 0) is 29.3 Å². The van der Waals surface area contributed by atoms with Crippen molar-refractivity contribution in [3.8, 4) is 11.5 Å². The molecule has 0 aliphatic carbocycles. The maximum atomic E-state index is 4.60. The molecule has 2 aromatic rings. The van der Waals surface area contributed by atoms with E-state index in [9.17, 15) is 0 Å². The molecule has 0 unspecified atom stereocenters. The second kappa shape index (κ2) is 5.75. The molecule has 0 aromatic carbocycles. The second-order valence-electron chi connectivity index (χ2n) is 3.91. The lowest BCUT2D eigenvalue weighted by molar-refractivity contribution is 0.867. The summed E-state index contributed by atoms with van der Waals surface area (Å²) in [6.07, 6.45) is 1.97. The maximum Gasteiger partial charge on any atom is 0.181 e. The highest BCUT2D eigenvalue weighted by Crippen LogP contribution is 2.28. The van der Waals surface area contributed by atoms with Gasteiger partial charge < -0.3 is 5.32 Å². The number of nitrogens with one attached hydrogen (secondary N) is 1. The third-order valence-corrected chi connectivity index (χ3v) is 4.10. The summed E-state index contributed by atoms with van der Waals surface area (Å²) in [5.74, 6) is 1.50. The molecule has 1 N–H and O–H groups in total. The van der Waals surface area contributed by atoms with Crippen molar-refractivity contribution in [3.05, 3.63) is 20.6 Å². The molecular weight excluding hydrogens is 312 g/mol. The molecular formula is C12H15BrN4S. The molecule has 0 bridgehead atoms. The number of rotatable bonds is 4. The van der Waals surface area contributed by atoms with Crippen molar-refractivity contribution in [2.45, 2.75) is 26.7 Å². The Morgan fingerprint density at radius 2 is 2.11 bits per heavy atom. The molecule has 2 rings (SSSR count). The van der Waals surface area contributed by atoms with Gasteiger partial charge >= 0.3 is 0 Å². The number of halogens is 1. The molecule has 0 aliphatic rings. The molecule has 0 aliphatic heterocycles. The molecule has 0 radical (unpaired) electrons. The number of aryl methyl sites for hydroxylation is 2. The summed E-state index contributed by atoms with van der Waals surface area (Å²) in [4.78, 5) is 13.5. The van der Waals surface area contributed by atoms with Crippen LogP contribution in [0.1, 0.15) is 24.0 Å². The number of hydrogen-bond donors (Lipinski definition) is 1. The van der Waals surface area contributed by atoms with Crippen molar-refractivity contribution in [1.29, 1.82) is 0 Å². The van der Waals surface area contributed by atoms with E-state index in [0.717, 1.165) is 39.5 Å². The minimum atomic E-state index is 0.690. The lowest BCUT2D eigenvalue weighted by Crippen LogP contribution is -2.03. The normalized spacial score (nSPS) is 10.7. The van der Waals surface area contributed by atoms with Crippen molar-refractivity contribution in [2.24, 2.45) is 0 Å². The number of aromatic nitrogens is 3. The van der Waals surface area contributed by atoms with Crippen LogP contribution in [0.4, 0.5) is 5.82 Å². The van der Waals surface area contributed by atoms with E-state index in [4.69, 9.17) is 0 Å². The first-order valence-corrected chi connectivity index (χ1v) is 7.49. The lowest BCUT2D eigenvalue weighted by Gasteiger charge is -2.09. The van der Waals surface area contributed by atoms with Gasteiger partial charge in [0.2, 0.25) is 0 Å². The Bertz CT molecular complexity index is 553. The van der Waals surface area contributed by atoms with Crippen molar-refractivity contribution in [1.82, 2.24) is 15.0 Å². The molecule has 2 heterocycles.